The normalized spacial score (nSPS) is 11.8. The number of carbonyl (C=O) groups is 3. The fourth-order valence-corrected chi connectivity index (χ4v) is 6.80. The lowest BCUT2D eigenvalue weighted by atomic mass is 10.0. The SMILES string of the molecule is COc1ccc(-c2csc(NC(=O)C(C)Sc3ccc(NC(=O)/C(=C/c4cccc5ccccc45)NC(=O)c4ccccc4)cc3)n2)cc1OC. The van der Waals surface area contributed by atoms with Gasteiger partial charge in [0.05, 0.1) is 25.2 Å². The zero-order chi connectivity index (χ0) is 35.7. The Morgan fingerprint density at radius 2 is 1.53 bits per heavy atom. The number of aromatic nitrogens is 1. The first-order valence-electron chi connectivity index (χ1n) is 15.9. The van der Waals surface area contributed by atoms with Gasteiger partial charge in [0.25, 0.3) is 11.8 Å². The second-order valence-corrected chi connectivity index (χ2v) is 13.6. The van der Waals surface area contributed by atoms with E-state index in [1.165, 1.54) is 23.1 Å². The molecule has 1 heterocycles. The Morgan fingerprint density at radius 3 is 2.29 bits per heavy atom. The van der Waals surface area contributed by atoms with Gasteiger partial charge in [0.2, 0.25) is 5.91 Å². The van der Waals surface area contributed by atoms with Gasteiger partial charge in [0.1, 0.15) is 5.70 Å². The Kier molecular flexibility index (Phi) is 11.1. The van der Waals surface area contributed by atoms with Crippen LogP contribution in [0.15, 0.2) is 131 Å². The molecule has 0 aliphatic carbocycles. The van der Waals surface area contributed by atoms with Gasteiger partial charge in [-0.3, -0.25) is 14.4 Å². The highest BCUT2D eigenvalue weighted by molar-refractivity contribution is 8.00. The number of thioether (sulfide) groups is 1. The molecule has 6 rings (SSSR count). The molecule has 11 heteroatoms. The van der Waals surface area contributed by atoms with Crippen molar-refractivity contribution < 1.29 is 23.9 Å². The maximum atomic E-state index is 13.6. The number of carbonyl (C=O) groups excluding carboxylic acids is 3. The molecule has 0 bridgehead atoms. The molecule has 1 aromatic heterocycles. The van der Waals surface area contributed by atoms with Gasteiger partial charge < -0.3 is 25.4 Å². The molecule has 6 aromatic rings. The van der Waals surface area contributed by atoms with E-state index in [1.54, 1.807) is 56.7 Å². The van der Waals surface area contributed by atoms with Crippen molar-refractivity contribution in [3.05, 3.63) is 137 Å². The van der Waals surface area contributed by atoms with E-state index in [-0.39, 0.29) is 11.6 Å². The van der Waals surface area contributed by atoms with E-state index in [0.717, 1.165) is 26.8 Å². The molecule has 0 radical (unpaired) electrons. The number of benzene rings is 5. The van der Waals surface area contributed by atoms with Crippen LogP contribution in [0.4, 0.5) is 10.8 Å². The second-order valence-electron chi connectivity index (χ2n) is 11.3. The Balaban J connectivity index is 1.11. The van der Waals surface area contributed by atoms with Crippen LogP contribution in [0.3, 0.4) is 0 Å². The van der Waals surface area contributed by atoms with Gasteiger partial charge in [-0.2, -0.15) is 0 Å². The fourth-order valence-electron chi connectivity index (χ4n) is 5.21. The summed E-state index contributed by atoms with van der Waals surface area (Å²) in [6, 6.07) is 35.1. The van der Waals surface area contributed by atoms with Gasteiger partial charge in [0, 0.05) is 27.1 Å². The number of nitrogens with one attached hydrogen (secondary N) is 3. The maximum Gasteiger partial charge on any atom is 0.272 e. The lowest BCUT2D eigenvalue weighted by Crippen LogP contribution is -2.30. The predicted octanol–water partition coefficient (Wildman–Crippen LogP) is 8.51. The van der Waals surface area contributed by atoms with Crippen LogP contribution in [0, 0.1) is 0 Å². The molecule has 0 spiro atoms. The molecule has 3 N–H and O–H groups in total. The summed E-state index contributed by atoms with van der Waals surface area (Å²) in [5.41, 5.74) is 3.41. The second kappa shape index (κ2) is 16.2. The van der Waals surface area contributed by atoms with Gasteiger partial charge in [-0.1, -0.05) is 60.7 Å². The van der Waals surface area contributed by atoms with Crippen molar-refractivity contribution >= 4 is 68.5 Å². The molecular weight excluding hydrogens is 681 g/mol. The zero-order valence-electron chi connectivity index (χ0n) is 28.0. The summed E-state index contributed by atoms with van der Waals surface area (Å²) < 4.78 is 10.7. The molecule has 9 nitrogen and oxygen atoms in total. The number of thiazole rings is 1. The third kappa shape index (κ3) is 8.64. The number of ether oxygens (including phenoxy) is 2. The summed E-state index contributed by atoms with van der Waals surface area (Å²) >= 11 is 2.72. The molecule has 0 aliphatic rings. The first-order valence-corrected chi connectivity index (χ1v) is 17.7. The standard InChI is InChI=1S/C40H34N4O5S2/c1-25(37(45)44-40-43-34(24-50-40)29-16-21-35(48-2)36(23-29)49-3)51-31-19-17-30(18-20-31)41-39(47)33(42-38(46)27-11-5-4-6-12-27)22-28-14-9-13-26-10-7-8-15-32(26)28/h4-25H,1-3H3,(H,41,47)(H,42,46)(H,43,44,45)/b33-22-. The van der Waals surface area contributed by atoms with Crippen LogP contribution in [-0.4, -0.2) is 42.2 Å². The molecule has 1 atom stereocenters. The van der Waals surface area contributed by atoms with Crippen molar-refractivity contribution in [2.24, 2.45) is 0 Å². The fraction of sp³-hybridized carbons (Fsp3) is 0.100. The Hall–Kier alpha value is -5.91. The van der Waals surface area contributed by atoms with Crippen molar-refractivity contribution in [1.82, 2.24) is 10.3 Å². The van der Waals surface area contributed by atoms with Gasteiger partial charge in [-0.05, 0) is 83.9 Å². The van der Waals surface area contributed by atoms with Crippen molar-refractivity contribution in [2.45, 2.75) is 17.1 Å². The minimum absolute atomic E-state index is 0.0976. The van der Waals surface area contributed by atoms with Gasteiger partial charge in [0.15, 0.2) is 16.6 Å². The molecular formula is C40H34N4O5S2. The number of rotatable bonds is 12. The maximum absolute atomic E-state index is 13.6. The monoisotopic (exact) mass is 714 g/mol. The molecule has 0 aliphatic heterocycles. The molecule has 0 saturated carbocycles. The van der Waals surface area contributed by atoms with Crippen LogP contribution in [0.1, 0.15) is 22.8 Å². The third-order valence-electron chi connectivity index (χ3n) is 7.86. The first kappa shape index (κ1) is 34.9. The summed E-state index contributed by atoms with van der Waals surface area (Å²) in [4.78, 5) is 45.2. The highest BCUT2D eigenvalue weighted by Crippen LogP contribution is 2.34. The number of fused-ring (bicyclic) bond motifs is 1. The minimum Gasteiger partial charge on any atom is -0.493 e. The molecule has 3 amide bonds. The molecule has 1 unspecified atom stereocenters. The van der Waals surface area contributed by atoms with E-state index in [9.17, 15) is 14.4 Å². The van der Waals surface area contributed by atoms with Crippen LogP contribution in [0.5, 0.6) is 11.5 Å². The summed E-state index contributed by atoms with van der Waals surface area (Å²) in [7, 11) is 3.16. The van der Waals surface area contributed by atoms with Crippen LogP contribution in [0.25, 0.3) is 28.1 Å². The molecule has 0 saturated heterocycles. The third-order valence-corrected chi connectivity index (χ3v) is 9.73. The quantitative estimate of drug-likeness (QED) is 0.0859. The Labute approximate surface area is 303 Å². The highest BCUT2D eigenvalue weighted by atomic mass is 32.2. The summed E-state index contributed by atoms with van der Waals surface area (Å²) in [5.74, 6) is 0.152. The molecule has 0 fully saturated rings. The van der Waals surface area contributed by atoms with Crippen molar-refractivity contribution in [3.8, 4) is 22.8 Å². The Morgan fingerprint density at radius 1 is 0.804 bits per heavy atom. The molecule has 51 heavy (non-hydrogen) atoms. The number of anilines is 2. The highest BCUT2D eigenvalue weighted by Gasteiger charge is 2.19. The minimum atomic E-state index is -0.476. The van der Waals surface area contributed by atoms with Gasteiger partial charge in [-0.25, -0.2) is 4.98 Å². The summed E-state index contributed by atoms with van der Waals surface area (Å²) in [5, 5.41) is 12.5. The summed E-state index contributed by atoms with van der Waals surface area (Å²) in [6.45, 7) is 1.82. The Bertz CT molecular complexity index is 2210. The van der Waals surface area contributed by atoms with E-state index in [2.05, 4.69) is 20.9 Å². The lowest BCUT2D eigenvalue weighted by molar-refractivity contribution is -0.115. The van der Waals surface area contributed by atoms with Crippen molar-refractivity contribution in [3.63, 3.8) is 0 Å². The predicted molar refractivity (Wildman–Crippen MR) is 206 cm³/mol. The van der Waals surface area contributed by atoms with E-state index in [1.807, 2.05) is 91.2 Å². The summed E-state index contributed by atoms with van der Waals surface area (Å²) in [6.07, 6.45) is 1.68. The van der Waals surface area contributed by atoms with Gasteiger partial charge >= 0.3 is 0 Å². The van der Waals surface area contributed by atoms with Crippen LogP contribution in [0.2, 0.25) is 0 Å². The number of hydrogen-bond acceptors (Lipinski definition) is 8. The van der Waals surface area contributed by atoms with E-state index in [4.69, 9.17) is 9.47 Å². The smallest absolute Gasteiger partial charge is 0.272 e. The van der Waals surface area contributed by atoms with Crippen LogP contribution < -0.4 is 25.4 Å². The van der Waals surface area contributed by atoms with Crippen LogP contribution >= 0.6 is 23.1 Å². The van der Waals surface area contributed by atoms with Gasteiger partial charge in [-0.15, -0.1) is 23.1 Å². The lowest BCUT2D eigenvalue weighted by Gasteiger charge is -2.13. The number of nitrogens with zero attached hydrogens (tertiary/aromatic N) is 1. The van der Waals surface area contributed by atoms with E-state index in [0.29, 0.717) is 33.6 Å². The number of hydrogen-bond donors (Lipinski definition) is 3. The average Bonchev–Trinajstić information content (AvgIpc) is 3.63. The van der Waals surface area contributed by atoms with E-state index >= 15 is 0 Å². The topological polar surface area (TPSA) is 119 Å². The zero-order valence-corrected chi connectivity index (χ0v) is 29.6. The number of amides is 3. The van der Waals surface area contributed by atoms with Crippen LogP contribution in [-0.2, 0) is 9.59 Å². The molecule has 5 aromatic carbocycles. The molecule has 256 valence electrons. The number of methoxy groups -OCH3 is 2. The first-order chi connectivity index (χ1) is 24.8. The average molecular weight is 715 g/mol. The van der Waals surface area contributed by atoms with E-state index < -0.39 is 17.1 Å². The largest absolute Gasteiger partial charge is 0.493 e. The van der Waals surface area contributed by atoms with Crippen molar-refractivity contribution in [2.75, 3.05) is 24.9 Å². The van der Waals surface area contributed by atoms with Crippen molar-refractivity contribution in [1.29, 1.82) is 0 Å².